The zero-order chi connectivity index (χ0) is 13.5. The Morgan fingerprint density at radius 2 is 2.33 bits per heavy atom. The Bertz CT molecular complexity index is 415. The molecule has 0 heterocycles. The standard InChI is InChI=1S/C12H16ClFN2O2/c1-8(15-5-6-18-2)12(17)16-11-4-3-9(14)7-10(11)13/h3-4,7-8,15H,5-6H2,1-2H3,(H,16,17)/p+1/t8-/m0/s1. The summed E-state index contributed by atoms with van der Waals surface area (Å²) in [4.78, 5) is 11.8. The molecular weight excluding hydrogens is 259 g/mol. The third-order valence-electron chi connectivity index (χ3n) is 2.44. The molecule has 1 amide bonds. The second-order valence-electron chi connectivity index (χ2n) is 3.92. The summed E-state index contributed by atoms with van der Waals surface area (Å²) in [7, 11) is 1.61. The van der Waals surface area contributed by atoms with Gasteiger partial charge in [0.15, 0.2) is 6.04 Å². The maximum absolute atomic E-state index is 12.8. The van der Waals surface area contributed by atoms with Gasteiger partial charge in [0, 0.05) is 7.11 Å². The average molecular weight is 276 g/mol. The maximum Gasteiger partial charge on any atom is 0.282 e. The Labute approximate surface area is 110 Å². The molecule has 0 aliphatic heterocycles. The molecule has 6 heteroatoms. The first kappa shape index (κ1) is 14.9. The lowest BCUT2D eigenvalue weighted by Gasteiger charge is -2.12. The summed E-state index contributed by atoms with van der Waals surface area (Å²) in [6.45, 7) is 3.06. The number of nitrogens with one attached hydrogen (secondary N) is 1. The zero-order valence-corrected chi connectivity index (χ0v) is 11.1. The first-order chi connectivity index (χ1) is 8.54. The topological polar surface area (TPSA) is 54.9 Å². The number of halogens is 2. The van der Waals surface area contributed by atoms with Crippen LogP contribution in [0.25, 0.3) is 0 Å². The highest BCUT2D eigenvalue weighted by Gasteiger charge is 2.16. The van der Waals surface area contributed by atoms with Crippen molar-refractivity contribution in [1.82, 2.24) is 0 Å². The third kappa shape index (κ3) is 4.60. The Morgan fingerprint density at radius 1 is 1.61 bits per heavy atom. The van der Waals surface area contributed by atoms with Crippen LogP contribution in [0.15, 0.2) is 18.2 Å². The minimum absolute atomic E-state index is 0.181. The molecule has 0 spiro atoms. The first-order valence-corrected chi connectivity index (χ1v) is 6.00. The fourth-order valence-corrected chi connectivity index (χ4v) is 1.59. The van der Waals surface area contributed by atoms with Crippen molar-refractivity contribution >= 4 is 23.2 Å². The monoisotopic (exact) mass is 275 g/mol. The highest BCUT2D eigenvalue weighted by molar-refractivity contribution is 6.33. The van der Waals surface area contributed by atoms with Crippen LogP contribution >= 0.6 is 11.6 Å². The van der Waals surface area contributed by atoms with Crippen LogP contribution in [0.1, 0.15) is 6.92 Å². The van der Waals surface area contributed by atoms with Crippen molar-refractivity contribution in [3.8, 4) is 0 Å². The molecule has 100 valence electrons. The summed E-state index contributed by atoms with van der Waals surface area (Å²) >= 11 is 5.82. The van der Waals surface area contributed by atoms with Crippen molar-refractivity contribution in [3.05, 3.63) is 29.0 Å². The predicted octanol–water partition coefficient (Wildman–Crippen LogP) is 1.02. The lowest BCUT2D eigenvalue weighted by Crippen LogP contribution is -2.92. The molecule has 1 aromatic carbocycles. The van der Waals surface area contributed by atoms with E-state index in [2.05, 4.69) is 5.32 Å². The molecule has 0 saturated carbocycles. The van der Waals surface area contributed by atoms with Crippen LogP contribution in [0.2, 0.25) is 5.02 Å². The van der Waals surface area contributed by atoms with E-state index in [1.807, 2.05) is 5.32 Å². The van der Waals surface area contributed by atoms with E-state index < -0.39 is 5.82 Å². The van der Waals surface area contributed by atoms with Crippen molar-refractivity contribution in [2.45, 2.75) is 13.0 Å². The van der Waals surface area contributed by atoms with Gasteiger partial charge in [-0.2, -0.15) is 0 Å². The van der Waals surface area contributed by atoms with Crippen molar-refractivity contribution < 1.29 is 19.2 Å². The summed E-state index contributed by atoms with van der Waals surface area (Å²) in [6.07, 6.45) is 0. The lowest BCUT2D eigenvalue weighted by atomic mass is 10.2. The van der Waals surface area contributed by atoms with E-state index in [0.717, 1.165) is 6.07 Å². The number of methoxy groups -OCH3 is 1. The van der Waals surface area contributed by atoms with Crippen LogP contribution in [-0.2, 0) is 9.53 Å². The van der Waals surface area contributed by atoms with Gasteiger partial charge in [-0.15, -0.1) is 0 Å². The molecule has 0 aromatic heterocycles. The van der Waals surface area contributed by atoms with E-state index in [1.54, 1.807) is 14.0 Å². The van der Waals surface area contributed by atoms with Crippen molar-refractivity contribution in [1.29, 1.82) is 0 Å². The van der Waals surface area contributed by atoms with E-state index in [9.17, 15) is 9.18 Å². The molecule has 0 bridgehead atoms. The molecule has 18 heavy (non-hydrogen) atoms. The van der Waals surface area contributed by atoms with Crippen molar-refractivity contribution in [2.75, 3.05) is 25.6 Å². The number of hydrogen-bond donors (Lipinski definition) is 2. The molecule has 1 aromatic rings. The molecule has 1 atom stereocenters. The number of amides is 1. The van der Waals surface area contributed by atoms with Crippen LogP contribution in [0.3, 0.4) is 0 Å². The van der Waals surface area contributed by atoms with Gasteiger partial charge in [-0.05, 0) is 25.1 Å². The van der Waals surface area contributed by atoms with Gasteiger partial charge in [0.1, 0.15) is 5.82 Å². The van der Waals surface area contributed by atoms with Crippen LogP contribution in [0.5, 0.6) is 0 Å². The molecule has 0 unspecified atom stereocenters. The second-order valence-corrected chi connectivity index (χ2v) is 4.33. The molecular formula is C12H17ClFN2O2+. The fourth-order valence-electron chi connectivity index (χ4n) is 1.38. The smallest absolute Gasteiger partial charge is 0.282 e. The number of hydrogen-bond acceptors (Lipinski definition) is 2. The number of carbonyl (C=O) groups is 1. The molecule has 0 aliphatic carbocycles. The average Bonchev–Trinajstić information content (AvgIpc) is 2.32. The summed E-state index contributed by atoms with van der Waals surface area (Å²) in [5.74, 6) is -0.614. The van der Waals surface area contributed by atoms with Gasteiger partial charge in [-0.3, -0.25) is 4.79 Å². The number of benzene rings is 1. The van der Waals surface area contributed by atoms with E-state index >= 15 is 0 Å². The number of rotatable bonds is 6. The van der Waals surface area contributed by atoms with E-state index in [0.29, 0.717) is 18.8 Å². The Kier molecular flexibility index (Phi) is 6.04. The minimum atomic E-state index is -0.433. The van der Waals surface area contributed by atoms with Crippen LogP contribution < -0.4 is 10.6 Å². The van der Waals surface area contributed by atoms with Gasteiger partial charge in [-0.25, -0.2) is 4.39 Å². The second kappa shape index (κ2) is 7.31. The van der Waals surface area contributed by atoms with Gasteiger partial charge in [0.2, 0.25) is 0 Å². The first-order valence-electron chi connectivity index (χ1n) is 5.62. The molecule has 4 nitrogen and oxygen atoms in total. The van der Waals surface area contributed by atoms with Gasteiger partial charge in [0.05, 0.1) is 23.9 Å². The highest BCUT2D eigenvalue weighted by atomic mass is 35.5. The van der Waals surface area contributed by atoms with E-state index in [-0.39, 0.29) is 17.0 Å². The lowest BCUT2D eigenvalue weighted by molar-refractivity contribution is -0.674. The highest BCUT2D eigenvalue weighted by Crippen LogP contribution is 2.22. The number of carbonyl (C=O) groups excluding carboxylic acids is 1. The summed E-state index contributed by atoms with van der Waals surface area (Å²) < 4.78 is 17.7. The van der Waals surface area contributed by atoms with Crippen molar-refractivity contribution in [2.24, 2.45) is 0 Å². The SMILES string of the molecule is COCC[NH2+][C@@H](C)C(=O)Nc1ccc(F)cc1Cl. The molecule has 3 N–H and O–H groups in total. The van der Waals surface area contributed by atoms with Gasteiger partial charge in [0.25, 0.3) is 5.91 Å². The largest absolute Gasteiger partial charge is 0.379 e. The third-order valence-corrected chi connectivity index (χ3v) is 2.76. The fraction of sp³-hybridized carbons (Fsp3) is 0.417. The van der Waals surface area contributed by atoms with Crippen LogP contribution in [0, 0.1) is 5.82 Å². The minimum Gasteiger partial charge on any atom is -0.379 e. The normalized spacial score (nSPS) is 12.2. The maximum atomic E-state index is 12.8. The summed E-state index contributed by atoms with van der Waals surface area (Å²) in [5, 5.41) is 4.70. The molecule has 0 saturated heterocycles. The number of nitrogens with two attached hydrogens (primary N) is 1. The number of ether oxygens (including phenoxy) is 1. The van der Waals surface area contributed by atoms with Gasteiger partial charge in [-0.1, -0.05) is 11.6 Å². The zero-order valence-electron chi connectivity index (χ0n) is 10.4. The van der Waals surface area contributed by atoms with Gasteiger partial charge >= 0.3 is 0 Å². The Balaban J connectivity index is 2.53. The number of anilines is 1. The van der Waals surface area contributed by atoms with E-state index in [1.165, 1.54) is 12.1 Å². The molecule has 1 rings (SSSR count). The molecule has 0 radical (unpaired) electrons. The number of quaternary nitrogens is 1. The quantitative estimate of drug-likeness (QED) is 0.762. The molecule has 0 aliphatic rings. The predicted molar refractivity (Wildman–Crippen MR) is 68.2 cm³/mol. The van der Waals surface area contributed by atoms with Gasteiger partial charge < -0.3 is 15.4 Å². The van der Waals surface area contributed by atoms with Crippen LogP contribution in [0.4, 0.5) is 10.1 Å². The Hall–Kier alpha value is -1.17. The summed E-state index contributed by atoms with van der Waals surface area (Å²) in [6, 6.07) is 3.59. The Morgan fingerprint density at radius 3 is 2.94 bits per heavy atom. The van der Waals surface area contributed by atoms with Crippen LogP contribution in [-0.4, -0.2) is 32.2 Å². The molecule has 0 fully saturated rings. The van der Waals surface area contributed by atoms with Crippen molar-refractivity contribution in [3.63, 3.8) is 0 Å². The summed E-state index contributed by atoms with van der Waals surface area (Å²) in [5.41, 5.74) is 0.412. The van der Waals surface area contributed by atoms with E-state index in [4.69, 9.17) is 16.3 Å².